The van der Waals surface area contributed by atoms with Gasteiger partial charge in [-0.25, -0.2) is 9.78 Å². The molecule has 0 radical (unpaired) electrons. The van der Waals surface area contributed by atoms with E-state index in [2.05, 4.69) is 31.1 Å². The van der Waals surface area contributed by atoms with Gasteiger partial charge in [-0.15, -0.1) is 0 Å². The molecule has 23 heavy (non-hydrogen) atoms. The standard InChI is InChI=1S/C16H24BrN3O3/c1-16(2,3)23-15(22)18-12-5-4-8-20(9-12)14-11(10-21)6-7-13(17)19-14/h6-7,12,21H,4-5,8-10H2,1-3H3,(H,18,22). The van der Waals surface area contributed by atoms with Crippen LogP contribution in [0.4, 0.5) is 10.6 Å². The fourth-order valence-corrected chi connectivity index (χ4v) is 2.91. The number of alkyl carbamates (subject to hydrolysis) is 1. The zero-order valence-corrected chi connectivity index (χ0v) is 15.4. The molecule has 2 heterocycles. The lowest BCUT2D eigenvalue weighted by Crippen LogP contribution is -2.49. The topological polar surface area (TPSA) is 74.7 Å². The van der Waals surface area contributed by atoms with Crippen molar-refractivity contribution in [3.8, 4) is 0 Å². The summed E-state index contributed by atoms with van der Waals surface area (Å²) in [5, 5.41) is 12.4. The number of hydrogen-bond acceptors (Lipinski definition) is 5. The summed E-state index contributed by atoms with van der Waals surface area (Å²) in [6.07, 6.45) is 1.45. The second kappa shape index (κ2) is 7.49. The number of nitrogens with zero attached hydrogens (tertiary/aromatic N) is 2. The molecule has 1 aromatic rings. The first-order valence-electron chi connectivity index (χ1n) is 7.79. The smallest absolute Gasteiger partial charge is 0.407 e. The van der Waals surface area contributed by atoms with Gasteiger partial charge in [0.05, 0.1) is 6.61 Å². The van der Waals surface area contributed by atoms with E-state index in [1.165, 1.54) is 0 Å². The number of amides is 1. The van der Waals surface area contributed by atoms with Crippen LogP contribution in [0.2, 0.25) is 0 Å². The van der Waals surface area contributed by atoms with Crippen LogP contribution in [0.1, 0.15) is 39.2 Å². The Morgan fingerprint density at radius 2 is 2.26 bits per heavy atom. The maximum absolute atomic E-state index is 11.9. The van der Waals surface area contributed by atoms with Crippen LogP contribution in [-0.2, 0) is 11.3 Å². The highest BCUT2D eigenvalue weighted by molar-refractivity contribution is 9.10. The number of carbonyl (C=O) groups excluding carboxylic acids is 1. The fourth-order valence-electron chi connectivity index (χ4n) is 2.61. The second-order valence-corrected chi connectivity index (χ2v) is 7.52. The SMILES string of the molecule is CC(C)(C)OC(=O)NC1CCCN(c2nc(Br)ccc2CO)C1. The minimum atomic E-state index is -0.506. The largest absolute Gasteiger partial charge is 0.444 e. The van der Waals surface area contributed by atoms with Crippen molar-refractivity contribution in [2.45, 2.75) is 51.9 Å². The molecule has 1 atom stereocenters. The molecular weight excluding hydrogens is 362 g/mol. The average Bonchev–Trinajstić information content (AvgIpc) is 2.45. The Kier molecular flexibility index (Phi) is 5.86. The van der Waals surface area contributed by atoms with E-state index in [-0.39, 0.29) is 12.6 Å². The molecule has 0 spiro atoms. The molecule has 1 aromatic heterocycles. The number of anilines is 1. The first-order chi connectivity index (χ1) is 10.8. The van der Waals surface area contributed by atoms with E-state index in [4.69, 9.17) is 4.74 Å². The van der Waals surface area contributed by atoms with Crippen LogP contribution in [0.5, 0.6) is 0 Å². The highest BCUT2D eigenvalue weighted by Gasteiger charge is 2.26. The number of halogens is 1. The summed E-state index contributed by atoms with van der Waals surface area (Å²) in [7, 11) is 0. The normalized spacial score (nSPS) is 18.7. The number of piperidine rings is 1. The molecule has 7 heteroatoms. The van der Waals surface area contributed by atoms with Crippen LogP contribution in [0.15, 0.2) is 16.7 Å². The molecule has 0 aromatic carbocycles. The second-order valence-electron chi connectivity index (χ2n) is 6.71. The quantitative estimate of drug-likeness (QED) is 0.782. The maximum Gasteiger partial charge on any atom is 0.407 e. The molecule has 0 aliphatic carbocycles. The van der Waals surface area contributed by atoms with Crippen molar-refractivity contribution in [2.24, 2.45) is 0 Å². The molecule has 1 aliphatic heterocycles. The van der Waals surface area contributed by atoms with E-state index in [1.54, 1.807) is 0 Å². The fraction of sp³-hybridized carbons (Fsp3) is 0.625. The lowest BCUT2D eigenvalue weighted by molar-refractivity contribution is 0.0500. The van der Waals surface area contributed by atoms with Crippen LogP contribution in [0.25, 0.3) is 0 Å². The van der Waals surface area contributed by atoms with Crippen LogP contribution in [-0.4, -0.2) is 40.9 Å². The highest BCUT2D eigenvalue weighted by Crippen LogP contribution is 2.24. The first kappa shape index (κ1) is 18.0. The Morgan fingerprint density at radius 3 is 2.91 bits per heavy atom. The first-order valence-corrected chi connectivity index (χ1v) is 8.58. The molecule has 1 saturated heterocycles. The van der Waals surface area contributed by atoms with Gasteiger partial charge < -0.3 is 20.1 Å². The Balaban J connectivity index is 2.04. The van der Waals surface area contributed by atoms with Crippen LogP contribution < -0.4 is 10.2 Å². The van der Waals surface area contributed by atoms with Gasteiger partial charge in [0.1, 0.15) is 16.0 Å². The summed E-state index contributed by atoms with van der Waals surface area (Å²) in [6, 6.07) is 3.68. The number of nitrogens with one attached hydrogen (secondary N) is 1. The van der Waals surface area contributed by atoms with Crippen molar-refractivity contribution in [3.63, 3.8) is 0 Å². The van der Waals surface area contributed by atoms with Gasteiger partial charge in [0.2, 0.25) is 0 Å². The summed E-state index contributed by atoms with van der Waals surface area (Å²) in [5.74, 6) is 0.762. The molecule has 1 aliphatic rings. The molecule has 6 nitrogen and oxygen atoms in total. The third kappa shape index (κ3) is 5.35. The monoisotopic (exact) mass is 385 g/mol. The predicted octanol–water partition coefficient (Wildman–Crippen LogP) is 2.83. The number of aromatic nitrogens is 1. The van der Waals surface area contributed by atoms with Crippen LogP contribution in [0, 0.1) is 0 Å². The summed E-state index contributed by atoms with van der Waals surface area (Å²) in [6.45, 7) is 6.98. The van der Waals surface area contributed by atoms with E-state index in [9.17, 15) is 9.90 Å². The van der Waals surface area contributed by atoms with Gasteiger partial charge in [-0.2, -0.15) is 0 Å². The van der Waals surface area contributed by atoms with Crippen molar-refractivity contribution in [3.05, 3.63) is 22.3 Å². The summed E-state index contributed by atoms with van der Waals surface area (Å²) >= 11 is 3.37. The number of pyridine rings is 1. The lowest BCUT2D eigenvalue weighted by atomic mass is 10.1. The zero-order valence-electron chi connectivity index (χ0n) is 13.8. The predicted molar refractivity (Wildman–Crippen MR) is 92.5 cm³/mol. The van der Waals surface area contributed by atoms with Crippen LogP contribution in [0.3, 0.4) is 0 Å². The zero-order chi connectivity index (χ0) is 17.0. The minimum Gasteiger partial charge on any atom is -0.444 e. The van der Waals surface area contributed by atoms with Gasteiger partial charge in [-0.05, 0) is 55.6 Å². The van der Waals surface area contributed by atoms with Gasteiger partial charge in [0.25, 0.3) is 0 Å². The summed E-state index contributed by atoms with van der Waals surface area (Å²) < 4.78 is 6.04. The van der Waals surface area contributed by atoms with E-state index in [1.807, 2.05) is 32.9 Å². The third-order valence-corrected chi connectivity index (χ3v) is 3.98. The molecule has 1 unspecified atom stereocenters. The van der Waals surface area contributed by atoms with Crippen molar-refractivity contribution in [2.75, 3.05) is 18.0 Å². The van der Waals surface area contributed by atoms with Gasteiger partial charge in [0.15, 0.2) is 0 Å². The Morgan fingerprint density at radius 1 is 1.52 bits per heavy atom. The van der Waals surface area contributed by atoms with Crippen molar-refractivity contribution >= 4 is 27.8 Å². The molecule has 1 fully saturated rings. The Labute approximate surface area is 145 Å². The average molecular weight is 386 g/mol. The van der Waals surface area contributed by atoms with Gasteiger partial charge >= 0.3 is 6.09 Å². The Bertz CT molecular complexity index is 560. The number of aliphatic hydroxyl groups is 1. The van der Waals surface area contributed by atoms with E-state index < -0.39 is 11.7 Å². The molecule has 2 rings (SSSR count). The molecule has 2 N–H and O–H groups in total. The van der Waals surface area contributed by atoms with E-state index in [0.29, 0.717) is 6.54 Å². The number of aliphatic hydroxyl groups excluding tert-OH is 1. The highest BCUT2D eigenvalue weighted by atomic mass is 79.9. The van der Waals surface area contributed by atoms with E-state index in [0.717, 1.165) is 35.4 Å². The molecule has 0 saturated carbocycles. The number of carbonyl (C=O) groups is 1. The number of ether oxygens (including phenoxy) is 1. The minimum absolute atomic E-state index is 0.00549. The molecular formula is C16H24BrN3O3. The maximum atomic E-state index is 11.9. The number of hydrogen-bond donors (Lipinski definition) is 2. The van der Waals surface area contributed by atoms with Crippen LogP contribution >= 0.6 is 15.9 Å². The van der Waals surface area contributed by atoms with Crippen molar-refractivity contribution < 1.29 is 14.6 Å². The number of rotatable bonds is 3. The molecule has 128 valence electrons. The van der Waals surface area contributed by atoms with Gasteiger partial charge in [-0.3, -0.25) is 0 Å². The molecule has 1 amide bonds. The van der Waals surface area contributed by atoms with Gasteiger partial charge in [0, 0.05) is 24.7 Å². The van der Waals surface area contributed by atoms with Crippen molar-refractivity contribution in [1.82, 2.24) is 10.3 Å². The van der Waals surface area contributed by atoms with E-state index >= 15 is 0 Å². The molecule has 0 bridgehead atoms. The van der Waals surface area contributed by atoms with Gasteiger partial charge in [-0.1, -0.05) is 6.07 Å². The Hall–Kier alpha value is -1.34. The van der Waals surface area contributed by atoms with Crippen molar-refractivity contribution in [1.29, 1.82) is 0 Å². The lowest BCUT2D eigenvalue weighted by Gasteiger charge is -2.35. The third-order valence-electron chi connectivity index (χ3n) is 3.53. The summed E-state index contributed by atoms with van der Waals surface area (Å²) in [4.78, 5) is 18.5. The summed E-state index contributed by atoms with van der Waals surface area (Å²) in [5.41, 5.74) is 0.278.